The summed E-state index contributed by atoms with van der Waals surface area (Å²) in [7, 11) is 0. The van der Waals surface area contributed by atoms with Crippen molar-refractivity contribution in [3.05, 3.63) is 83.1 Å². The second kappa shape index (κ2) is 9.76. The highest BCUT2D eigenvalue weighted by molar-refractivity contribution is 6.31. The van der Waals surface area contributed by atoms with Crippen molar-refractivity contribution >= 4 is 17.7 Å². The largest absolute Gasteiger partial charge is 0.439 e. The molecule has 1 aliphatic heterocycles. The first kappa shape index (κ1) is 20.4. The summed E-state index contributed by atoms with van der Waals surface area (Å²) >= 11 is 6.37. The normalized spacial score (nSPS) is 15.7. The van der Waals surface area contributed by atoms with Gasteiger partial charge in [0.25, 0.3) is 0 Å². The van der Waals surface area contributed by atoms with Gasteiger partial charge in [-0.2, -0.15) is 15.0 Å². The van der Waals surface area contributed by atoms with E-state index in [4.69, 9.17) is 16.3 Å². The molecule has 0 unspecified atom stereocenters. The highest BCUT2D eigenvalue weighted by atomic mass is 35.5. The van der Waals surface area contributed by atoms with Crippen LogP contribution in [0.5, 0.6) is 0 Å². The van der Waals surface area contributed by atoms with E-state index in [1.165, 1.54) is 10.4 Å². The molecule has 0 radical (unpaired) electrons. The second-order valence-corrected chi connectivity index (χ2v) is 8.01. The molecule has 1 atom stereocenters. The molecule has 2 heterocycles. The van der Waals surface area contributed by atoms with Gasteiger partial charge < -0.3 is 9.64 Å². The summed E-state index contributed by atoms with van der Waals surface area (Å²) in [6.45, 7) is 1.71. The van der Waals surface area contributed by atoms with Crippen molar-refractivity contribution in [3.63, 3.8) is 0 Å². The Kier molecular flexibility index (Phi) is 6.64. The number of amides is 1. The van der Waals surface area contributed by atoms with Gasteiger partial charge >= 0.3 is 6.09 Å². The lowest BCUT2D eigenvalue weighted by Crippen LogP contribution is -2.40. The van der Waals surface area contributed by atoms with Gasteiger partial charge in [0.15, 0.2) is 6.10 Å². The molecule has 0 aliphatic carbocycles. The number of likely N-dealkylation sites (tertiary alicyclic amines) is 1. The van der Waals surface area contributed by atoms with Crippen LogP contribution in [0.25, 0.3) is 0 Å². The molecule has 1 aromatic heterocycles. The maximum atomic E-state index is 12.9. The minimum Gasteiger partial charge on any atom is -0.439 e. The number of piperidine rings is 1. The smallest absolute Gasteiger partial charge is 0.410 e. The third-order valence-corrected chi connectivity index (χ3v) is 5.88. The highest BCUT2D eigenvalue weighted by Crippen LogP contribution is 2.28. The zero-order valence-corrected chi connectivity index (χ0v) is 17.5. The molecule has 1 aliphatic rings. The van der Waals surface area contributed by atoms with Crippen LogP contribution in [0.3, 0.4) is 0 Å². The van der Waals surface area contributed by atoms with E-state index in [1.807, 2.05) is 24.3 Å². The molecular weight excluding hydrogens is 400 g/mol. The van der Waals surface area contributed by atoms with Gasteiger partial charge in [-0.25, -0.2) is 4.79 Å². The number of benzene rings is 2. The molecular formula is C23H25ClN4O2. The maximum absolute atomic E-state index is 12.9. The summed E-state index contributed by atoms with van der Waals surface area (Å²) in [6, 6.07) is 17.9. The Morgan fingerprint density at radius 1 is 1.03 bits per heavy atom. The Morgan fingerprint density at radius 2 is 1.70 bits per heavy atom. The van der Waals surface area contributed by atoms with E-state index in [-0.39, 0.29) is 6.09 Å². The molecule has 1 fully saturated rings. The number of aromatic nitrogens is 3. The standard InChI is InChI=1S/C23H25ClN4O2/c24-21-9-5-4-8-20(21)22(17-28-25-12-13-26-28)30-23(29)27-14-10-19(11-15-27)16-18-6-2-1-3-7-18/h1-9,12-13,19,22H,10-11,14-17H2/t22-/m1/s1. The van der Waals surface area contributed by atoms with Gasteiger partial charge in [-0.15, -0.1) is 0 Å². The van der Waals surface area contributed by atoms with Gasteiger partial charge in [-0.05, 0) is 36.8 Å². The van der Waals surface area contributed by atoms with Gasteiger partial charge in [-0.1, -0.05) is 60.1 Å². The fourth-order valence-corrected chi connectivity index (χ4v) is 4.14. The predicted molar refractivity (Wildman–Crippen MR) is 115 cm³/mol. The maximum Gasteiger partial charge on any atom is 0.410 e. The van der Waals surface area contributed by atoms with Crippen molar-refractivity contribution in [2.45, 2.75) is 31.9 Å². The second-order valence-electron chi connectivity index (χ2n) is 7.60. The third-order valence-electron chi connectivity index (χ3n) is 5.53. The van der Waals surface area contributed by atoms with Crippen LogP contribution >= 0.6 is 11.6 Å². The van der Waals surface area contributed by atoms with E-state index in [2.05, 4.69) is 34.5 Å². The van der Waals surface area contributed by atoms with Gasteiger partial charge in [0.2, 0.25) is 0 Å². The number of hydrogen-bond donors (Lipinski definition) is 0. The van der Waals surface area contributed by atoms with E-state index in [0.717, 1.165) is 24.8 Å². The lowest BCUT2D eigenvalue weighted by Gasteiger charge is -2.32. The topological polar surface area (TPSA) is 60.3 Å². The number of rotatable bonds is 6. The molecule has 30 heavy (non-hydrogen) atoms. The molecule has 1 amide bonds. The minimum atomic E-state index is -0.555. The van der Waals surface area contributed by atoms with E-state index < -0.39 is 6.10 Å². The molecule has 4 rings (SSSR count). The number of carbonyl (C=O) groups is 1. The fourth-order valence-electron chi connectivity index (χ4n) is 3.88. The molecule has 0 spiro atoms. The first-order chi connectivity index (χ1) is 14.7. The summed E-state index contributed by atoms with van der Waals surface area (Å²) < 4.78 is 5.89. The summed E-state index contributed by atoms with van der Waals surface area (Å²) in [5, 5.41) is 8.84. The first-order valence-electron chi connectivity index (χ1n) is 10.3. The number of nitrogens with zero attached hydrogens (tertiary/aromatic N) is 4. The molecule has 7 heteroatoms. The van der Waals surface area contributed by atoms with Crippen molar-refractivity contribution < 1.29 is 9.53 Å². The summed E-state index contributed by atoms with van der Waals surface area (Å²) in [6.07, 6.45) is 5.33. The Hall–Kier alpha value is -2.86. The minimum absolute atomic E-state index is 0.312. The van der Waals surface area contributed by atoms with Crippen LogP contribution in [0.4, 0.5) is 4.79 Å². The summed E-state index contributed by atoms with van der Waals surface area (Å²) in [5.41, 5.74) is 2.10. The lowest BCUT2D eigenvalue weighted by molar-refractivity contribution is 0.0422. The molecule has 6 nitrogen and oxygen atoms in total. The monoisotopic (exact) mass is 424 g/mol. The van der Waals surface area contributed by atoms with Crippen LogP contribution in [-0.2, 0) is 17.7 Å². The summed E-state index contributed by atoms with van der Waals surface area (Å²) in [5.74, 6) is 0.587. The summed E-state index contributed by atoms with van der Waals surface area (Å²) in [4.78, 5) is 16.2. The number of hydrogen-bond acceptors (Lipinski definition) is 4. The van der Waals surface area contributed by atoms with E-state index in [9.17, 15) is 4.79 Å². The predicted octanol–water partition coefficient (Wildman–Crippen LogP) is 4.76. The number of carbonyl (C=O) groups excluding carboxylic acids is 1. The number of ether oxygens (including phenoxy) is 1. The SMILES string of the molecule is O=C(O[C@H](Cn1nccn1)c1ccccc1Cl)N1CCC(Cc2ccccc2)CC1. The molecule has 0 bridgehead atoms. The molecule has 2 aromatic carbocycles. The Labute approximate surface area is 181 Å². The molecule has 1 saturated heterocycles. The molecule has 0 N–H and O–H groups in total. The van der Waals surface area contributed by atoms with Crippen molar-refractivity contribution in [1.82, 2.24) is 19.9 Å². The Bertz CT molecular complexity index is 941. The molecule has 0 saturated carbocycles. The average molecular weight is 425 g/mol. The van der Waals surface area contributed by atoms with Crippen LogP contribution < -0.4 is 0 Å². The van der Waals surface area contributed by atoms with Crippen molar-refractivity contribution in [1.29, 1.82) is 0 Å². The van der Waals surface area contributed by atoms with Gasteiger partial charge in [-0.3, -0.25) is 0 Å². The van der Waals surface area contributed by atoms with E-state index in [1.54, 1.807) is 23.4 Å². The molecule has 156 valence electrons. The zero-order valence-electron chi connectivity index (χ0n) is 16.7. The van der Waals surface area contributed by atoms with Crippen molar-refractivity contribution in [2.24, 2.45) is 5.92 Å². The average Bonchev–Trinajstić information content (AvgIpc) is 3.28. The quantitative estimate of drug-likeness (QED) is 0.572. The van der Waals surface area contributed by atoms with Gasteiger partial charge in [0, 0.05) is 23.7 Å². The van der Waals surface area contributed by atoms with Gasteiger partial charge in [0.1, 0.15) is 6.54 Å². The number of halogens is 1. The van der Waals surface area contributed by atoms with Crippen LogP contribution in [0.15, 0.2) is 67.0 Å². The van der Waals surface area contributed by atoms with Crippen LogP contribution in [-0.4, -0.2) is 39.1 Å². The third kappa shape index (κ3) is 5.19. The van der Waals surface area contributed by atoms with Crippen LogP contribution in [0, 0.1) is 5.92 Å². The van der Waals surface area contributed by atoms with Crippen LogP contribution in [0.1, 0.15) is 30.1 Å². The Morgan fingerprint density at radius 3 is 2.40 bits per heavy atom. The Balaban J connectivity index is 1.37. The van der Waals surface area contributed by atoms with Crippen molar-refractivity contribution in [3.8, 4) is 0 Å². The lowest BCUT2D eigenvalue weighted by atomic mass is 9.90. The highest BCUT2D eigenvalue weighted by Gasteiger charge is 2.27. The molecule has 3 aromatic rings. The van der Waals surface area contributed by atoms with Crippen molar-refractivity contribution in [2.75, 3.05) is 13.1 Å². The van der Waals surface area contributed by atoms with Crippen LogP contribution in [0.2, 0.25) is 5.02 Å². The fraction of sp³-hybridized carbons (Fsp3) is 0.348. The zero-order chi connectivity index (χ0) is 20.8. The van der Waals surface area contributed by atoms with E-state index in [0.29, 0.717) is 30.6 Å². The van der Waals surface area contributed by atoms with E-state index >= 15 is 0 Å². The van der Waals surface area contributed by atoms with Gasteiger partial charge in [0.05, 0.1) is 12.4 Å². The first-order valence-corrected chi connectivity index (χ1v) is 10.6.